The van der Waals surface area contributed by atoms with Crippen molar-refractivity contribution in [1.82, 2.24) is 0 Å². The van der Waals surface area contributed by atoms with Gasteiger partial charge in [-0.3, -0.25) is 4.79 Å². The van der Waals surface area contributed by atoms with Gasteiger partial charge in [0.1, 0.15) is 23.2 Å². The SMILES string of the molecule is O=C(O)c1occ2c1NC1(CCCC1)C(=O)N2. The van der Waals surface area contributed by atoms with Crippen molar-refractivity contribution in [1.29, 1.82) is 0 Å². The zero-order valence-corrected chi connectivity index (χ0v) is 9.08. The van der Waals surface area contributed by atoms with Crippen LogP contribution in [0.15, 0.2) is 10.7 Å². The maximum absolute atomic E-state index is 12.0. The molecule has 2 aliphatic rings. The number of furan rings is 1. The van der Waals surface area contributed by atoms with E-state index in [4.69, 9.17) is 9.52 Å². The van der Waals surface area contributed by atoms with Gasteiger partial charge in [0.05, 0.1) is 0 Å². The minimum Gasteiger partial charge on any atom is -0.475 e. The normalized spacial score (nSPS) is 20.8. The van der Waals surface area contributed by atoms with E-state index in [2.05, 4.69) is 10.6 Å². The number of rotatable bonds is 1. The van der Waals surface area contributed by atoms with Gasteiger partial charge in [0.2, 0.25) is 11.7 Å². The molecule has 6 heteroatoms. The van der Waals surface area contributed by atoms with Gasteiger partial charge in [-0.1, -0.05) is 12.8 Å². The fraction of sp³-hybridized carbons (Fsp3) is 0.455. The maximum atomic E-state index is 12.0. The van der Waals surface area contributed by atoms with Crippen molar-refractivity contribution in [2.24, 2.45) is 0 Å². The predicted molar refractivity (Wildman–Crippen MR) is 59.1 cm³/mol. The zero-order valence-electron chi connectivity index (χ0n) is 9.08. The maximum Gasteiger partial charge on any atom is 0.374 e. The molecule has 1 spiro atoms. The first kappa shape index (κ1) is 10.2. The number of carboxylic acid groups (broad SMARTS) is 1. The Morgan fingerprint density at radius 1 is 1.41 bits per heavy atom. The summed E-state index contributed by atoms with van der Waals surface area (Å²) in [5.41, 5.74) is 0.144. The van der Waals surface area contributed by atoms with Crippen LogP contribution < -0.4 is 10.6 Å². The Morgan fingerprint density at radius 3 is 2.76 bits per heavy atom. The Balaban J connectivity index is 2.04. The van der Waals surface area contributed by atoms with E-state index in [0.29, 0.717) is 11.4 Å². The highest BCUT2D eigenvalue weighted by Crippen LogP contribution is 2.42. The smallest absolute Gasteiger partial charge is 0.374 e. The summed E-state index contributed by atoms with van der Waals surface area (Å²) >= 11 is 0. The Kier molecular flexibility index (Phi) is 1.95. The lowest BCUT2D eigenvalue weighted by Crippen LogP contribution is -2.50. The van der Waals surface area contributed by atoms with Crippen LogP contribution in [-0.2, 0) is 4.79 Å². The van der Waals surface area contributed by atoms with Crippen molar-refractivity contribution in [3.05, 3.63) is 12.0 Å². The molecule has 0 radical (unpaired) electrons. The minimum atomic E-state index is -1.14. The highest BCUT2D eigenvalue weighted by atomic mass is 16.4. The number of amides is 1. The van der Waals surface area contributed by atoms with Gasteiger partial charge in [0, 0.05) is 0 Å². The van der Waals surface area contributed by atoms with Crippen LogP contribution in [0.2, 0.25) is 0 Å². The summed E-state index contributed by atoms with van der Waals surface area (Å²) < 4.78 is 4.95. The van der Waals surface area contributed by atoms with E-state index in [1.165, 1.54) is 6.26 Å². The van der Waals surface area contributed by atoms with Gasteiger partial charge in [-0.2, -0.15) is 0 Å². The molecular formula is C11H12N2O4. The van der Waals surface area contributed by atoms with E-state index >= 15 is 0 Å². The van der Waals surface area contributed by atoms with Crippen molar-refractivity contribution < 1.29 is 19.1 Å². The fourth-order valence-corrected chi connectivity index (χ4v) is 2.60. The van der Waals surface area contributed by atoms with E-state index < -0.39 is 11.5 Å². The molecule has 1 saturated carbocycles. The molecule has 3 rings (SSSR count). The third kappa shape index (κ3) is 1.33. The molecule has 3 N–H and O–H groups in total. The summed E-state index contributed by atoms with van der Waals surface area (Å²) in [7, 11) is 0. The van der Waals surface area contributed by atoms with Crippen molar-refractivity contribution in [2.45, 2.75) is 31.2 Å². The lowest BCUT2D eigenvalue weighted by Gasteiger charge is -2.33. The highest BCUT2D eigenvalue weighted by molar-refractivity contribution is 6.09. The Bertz CT molecular complexity index is 500. The van der Waals surface area contributed by atoms with Gasteiger partial charge >= 0.3 is 5.97 Å². The zero-order chi connectivity index (χ0) is 12.0. The molecule has 1 aliphatic heterocycles. The van der Waals surface area contributed by atoms with E-state index in [-0.39, 0.29) is 11.7 Å². The molecule has 0 atom stereocenters. The average molecular weight is 236 g/mol. The lowest BCUT2D eigenvalue weighted by atomic mass is 9.93. The Labute approximate surface area is 97.0 Å². The molecule has 17 heavy (non-hydrogen) atoms. The molecule has 2 heterocycles. The molecule has 0 saturated heterocycles. The van der Waals surface area contributed by atoms with Crippen LogP contribution in [0.1, 0.15) is 36.2 Å². The lowest BCUT2D eigenvalue weighted by molar-refractivity contribution is -0.120. The summed E-state index contributed by atoms with van der Waals surface area (Å²) in [6.07, 6.45) is 4.64. The second kappa shape index (κ2) is 3.26. The van der Waals surface area contributed by atoms with E-state index in [1.54, 1.807) is 0 Å². The van der Waals surface area contributed by atoms with Crippen LogP contribution in [-0.4, -0.2) is 22.5 Å². The van der Waals surface area contributed by atoms with Crippen LogP contribution in [0.25, 0.3) is 0 Å². The molecule has 90 valence electrons. The van der Waals surface area contributed by atoms with Crippen molar-refractivity contribution in [3.8, 4) is 0 Å². The third-order valence-corrected chi connectivity index (χ3v) is 3.49. The minimum absolute atomic E-state index is 0.0970. The van der Waals surface area contributed by atoms with Crippen LogP contribution in [0.4, 0.5) is 11.4 Å². The Morgan fingerprint density at radius 2 is 2.12 bits per heavy atom. The molecule has 1 fully saturated rings. The number of anilines is 2. The molecule has 1 aromatic rings. The molecule has 1 aliphatic carbocycles. The predicted octanol–water partition coefficient (Wildman–Crippen LogP) is 1.65. The van der Waals surface area contributed by atoms with Crippen molar-refractivity contribution in [3.63, 3.8) is 0 Å². The number of carbonyl (C=O) groups is 2. The topological polar surface area (TPSA) is 91.6 Å². The first-order valence-electron chi connectivity index (χ1n) is 5.57. The molecule has 1 amide bonds. The number of hydrogen-bond acceptors (Lipinski definition) is 4. The van der Waals surface area contributed by atoms with E-state index in [0.717, 1.165) is 25.7 Å². The van der Waals surface area contributed by atoms with E-state index in [1.807, 2.05) is 0 Å². The van der Waals surface area contributed by atoms with Gasteiger partial charge in [0.25, 0.3) is 0 Å². The van der Waals surface area contributed by atoms with Gasteiger partial charge in [-0.05, 0) is 12.8 Å². The molecule has 0 aromatic carbocycles. The van der Waals surface area contributed by atoms with Crippen LogP contribution in [0.5, 0.6) is 0 Å². The number of hydrogen-bond donors (Lipinski definition) is 3. The van der Waals surface area contributed by atoms with Gasteiger partial charge < -0.3 is 20.2 Å². The average Bonchev–Trinajstić information content (AvgIpc) is 2.87. The van der Waals surface area contributed by atoms with Gasteiger partial charge in [0.15, 0.2) is 0 Å². The summed E-state index contributed by atoms with van der Waals surface area (Å²) in [5.74, 6) is -1.38. The standard InChI is InChI=1S/C11H12N2O4/c14-9(15)8-7-6(5-17-8)12-10(16)11(13-7)3-1-2-4-11/h5,13H,1-4H2,(H,12,16)(H,14,15). The first-order chi connectivity index (χ1) is 8.12. The summed E-state index contributed by atoms with van der Waals surface area (Å²) in [6.45, 7) is 0. The largest absolute Gasteiger partial charge is 0.475 e. The molecule has 6 nitrogen and oxygen atoms in total. The van der Waals surface area contributed by atoms with Crippen molar-refractivity contribution >= 4 is 23.3 Å². The molecular weight excluding hydrogens is 224 g/mol. The second-order valence-corrected chi connectivity index (χ2v) is 4.53. The van der Waals surface area contributed by atoms with Crippen LogP contribution in [0, 0.1) is 0 Å². The summed E-state index contributed by atoms with van der Waals surface area (Å²) in [5, 5.41) is 14.8. The monoisotopic (exact) mass is 236 g/mol. The number of aromatic carboxylic acids is 1. The summed E-state index contributed by atoms with van der Waals surface area (Å²) in [6, 6.07) is 0. The van der Waals surface area contributed by atoms with Gasteiger partial charge in [-0.15, -0.1) is 0 Å². The first-order valence-corrected chi connectivity index (χ1v) is 5.57. The van der Waals surface area contributed by atoms with Gasteiger partial charge in [-0.25, -0.2) is 4.79 Å². The molecule has 0 bridgehead atoms. The van der Waals surface area contributed by atoms with E-state index in [9.17, 15) is 9.59 Å². The number of nitrogens with one attached hydrogen (secondary N) is 2. The van der Waals surface area contributed by atoms with Crippen LogP contribution >= 0.6 is 0 Å². The fourth-order valence-electron chi connectivity index (χ4n) is 2.60. The Hall–Kier alpha value is -1.98. The van der Waals surface area contributed by atoms with Crippen LogP contribution in [0.3, 0.4) is 0 Å². The quantitative estimate of drug-likeness (QED) is 0.689. The third-order valence-electron chi connectivity index (χ3n) is 3.49. The number of fused-ring (bicyclic) bond motifs is 1. The number of carboxylic acids is 1. The second-order valence-electron chi connectivity index (χ2n) is 4.53. The van der Waals surface area contributed by atoms with Crippen molar-refractivity contribution in [2.75, 3.05) is 10.6 Å². The summed E-state index contributed by atoms with van der Waals surface area (Å²) in [4.78, 5) is 23.0. The number of carbonyl (C=O) groups excluding carboxylic acids is 1. The molecule has 1 aromatic heterocycles. The molecule has 0 unspecified atom stereocenters. The highest BCUT2D eigenvalue weighted by Gasteiger charge is 2.46.